The summed E-state index contributed by atoms with van der Waals surface area (Å²) in [6.45, 7) is 6.85. The van der Waals surface area contributed by atoms with E-state index in [0.29, 0.717) is 18.3 Å². The van der Waals surface area contributed by atoms with Crippen molar-refractivity contribution in [3.63, 3.8) is 0 Å². The van der Waals surface area contributed by atoms with Crippen LogP contribution in [0.5, 0.6) is 0 Å². The van der Waals surface area contributed by atoms with E-state index in [1.807, 2.05) is 38.1 Å². The van der Waals surface area contributed by atoms with Crippen molar-refractivity contribution in [1.82, 2.24) is 15.0 Å². The van der Waals surface area contributed by atoms with E-state index in [0.717, 1.165) is 11.4 Å². The third-order valence-electron chi connectivity index (χ3n) is 4.56. The molecule has 6 nitrogen and oxygen atoms in total. The summed E-state index contributed by atoms with van der Waals surface area (Å²) in [5, 5.41) is 16.3. The molecule has 2 aromatic heterocycles. The van der Waals surface area contributed by atoms with E-state index in [4.69, 9.17) is 0 Å². The van der Waals surface area contributed by atoms with E-state index in [2.05, 4.69) is 56.8 Å². The summed E-state index contributed by atoms with van der Waals surface area (Å²) in [5.74, 6) is 1.43. The fraction of sp³-hybridized carbons (Fsp3) is 0.318. The molecule has 3 rings (SSSR count). The molecular weight excluding hydrogens is 350 g/mol. The number of nitrogens with zero attached hydrogens (tertiary/aromatic N) is 3. The first kappa shape index (κ1) is 19.8. The first-order valence-electron chi connectivity index (χ1n) is 9.52. The van der Waals surface area contributed by atoms with Crippen molar-refractivity contribution >= 4 is 11.8 Å². The van der Waals surface area contributed by atoms with Crippen molar-refractivity contribution in [1.29, 1.82) is 0 Å². The normalized spacial score (nSPS) is 12.0. The van der Waals surface area contributed by atoms with E-state index < -0.39 is 0 Å². The number of pyridine rings is 1. The number of hydrogen-bond acceptors (Lipinski definition) is 6. The number of aromatic nitrogens is 3. The van der Waals surface area contributed by atoms with Gasteiger partial charge in [-0.2, -0.15) is 4.98 Å². The molecule has 0 fully saturated rings. The van der Waals surface area contributed by atoms with Gasteiger partial charge in [0.1, 0.15) is 5.82 Å². The molecule has 0 radical (unpaired) electrons. The van der Waals surface area contributed by atoms with Crippen LogP contribution in [-0.2, 0) is 6.54 Å². The van der Waals surface area contributed by atoms with Crippen molar-refractivity contribution in [2.24, 2.45) is 5.92 Å². The van der Waals surface area contributed by atoms with Crippen LogP contribution in [0.15, 0.2) is 54.7 Å². The molecule has 0 unspecified atom stereocenters. The molecule has 0 saturated carbocycles. The summed E-state index contributed by atoms with van der Waals surface area (Å²) < 4.78 is 0. The fourth-order valence-corrected chi connectivity index (χ4v) is 2.74. The van der Waals surface area contributed by atoms with Crippen LogP contribution in [0, 0.1) is 12.8 Å². The van der Waals surface area contributed by atoms with Gasteiger partial charge in [-0.25, -0.2) is 4.98 Å². The second-order valence-corrected chi connectivity index (χ2v) is 7.19. The zero-order valence-corrected chi connectivity index (χ0v) is 16.6. The first-order chi connectivity index (χ1) is 13.5. The molecule has 0 amide bonds. The van der Waals surface area contributed by atoms with Gasteiger partial charge >= 0.3 is 0 Å². The largest absolute Gasteiger partial charge is 0.394 e. The van der Waals surface area contributed by atoms with Crippen molar-refractivity contribution in [2.45, 2.75) is 33.4 Å². The molecule has 0 spiro atoms. The highest BCUT2D eigenvalue weighted by Gasteiger charge is 2.15. The van der Waals surface area contributed by atoms with Gasteiger partial charge in [0.25, 0.3) is 0 Å². The number of aliphatic hydroxyl groups excluding tert-OH is 1. The Hall–Kier alpha value is -2.99. The van der Waals surface area contributed by atoms with Gasteiger partial charge in [0.05, 0.1) is 24.0 Å². The predicted molar refractivity (Wildman–Crippen MR) is 113 cm³/mol. The molecule has 0 saturated heterocycles. The van der Waals surface area contributed by atoms with Gasteiger partial charge < -0.3 is 15.7 Å². The van der Waals surface area contributed by atoms with Gasteiger partial charge in [-0.3, -0.25) is 4.98 Å². The minimum atomic E-state index is -0.121. The monoisotopic (exact) mass is 377 g/mol. The Morgan fingerprint density at radius 1 is 1.00 bits per heavy atom. The number of nitrogens with one attached hydrogen (secondary N) is 2. The van der Waals surface area contributed by atoms with Crippen molar-refractivity contribution < 1.29 is 5.11 Å². The van der Waals surface area contributed by atoms with Crippen LogP contribution >= 0.6 is 0 Å². The molecule has 1 aromatic carbocycles. The molecule has 0 aliphatic carbocycles. The lowest BCUT2D eigenvalue weighted by atomic mass is 10.1. The Labute approximate surface area is 166 Å². The molecule has 1 atom stereocenters. The zero-order valence-electron chi connectivity index (χ0n) is 16.6. The summed E-state index contributed by atoms with van der Waals surface area (Å²) in [7, 11) is 0. The van der Waals surface area contributed by atoms with E-state index >= 15 is 0 Å². The lowest BCUT2D eigenvalue weighted by Crippen LogP contribution is -2.30. The van der Waals surface area contributed by atoms with E-state index in [1.54, 1.807) is 6.20 Å². The molecule has 3 N–H and O–H groups in total. The Bertz CT molecular complexity index is 881. The topological polar surface area (TPSA) is 83.0 Å². The average molecular weight is 377 g/mol. The fourth-order valence-electron chi connectivity index (χ4n) is 2.74. The highest BCUT2D eigenvalue weighted by Crippen LogP contribution is 2.21. The van der Waals surface area contributed by atoms with Crippen LogP contribution in [-0.4, -0.2) is 32.7 Å². The molecular formula is C22H27N5O. The quantitative estimate of drug-likeness (QED) is 0.552. The minimum absolute atomic E-state index is 0.0149. The molecule has 0 aliphatic heterocycles. The highest BCUT2D eigenvalue weighted by molar-refractivity contribution is 5.61. The second-order valence-electron chi connectivity index (χ2n) is 7.19. The summed E-state index contributed by atoms with van der Waals surface area (Å²) >= 11 is 0. The number of benzene rings is 1. The lowest BCUT2D eigenvalue weighted by molar-refractivity contribution is 0.248. The van der Waals surface area contributed by atoms with E-state index in [9.17, 15) is 5.11 Å². The summed E-state index contributed by atoms with van der Waals surface area (Å²) in [5.41, 5.74) is 3.91. The third-order valence-corrected chi connectivity index (χ3v) is 4.56. The Morgan fingerprint density at radius 3 is 2.43 bits per heavy atom. The van der Waals surface area contributed by atoms with Crippen LogP contribution in [0.3, 0.4) is 0 Å². The smallest absolute Gasteiger partial charge is 0.225 e. The number of aliphatic hydroxyl groups is 1. The van der Waals surface area contributed by atoms with E-state index in [-0.39, 0.29) is 18.6 Å². The maximum atomic E-state index is 9.64. The van der Waals surface area contributed by atoms with Gasteiger partial charge in [0, 0.05) is 18.8 Å². The van der Waals surface area contributed by atoms with Crippen LogP contribution < -0.4 is 10.6 Å². The van der Waals surface area contributed by atoms with Gasteiger partial charge in [0.15, 0.2) is 0 Å². The van der Waals surface area contributed by atoms with Gasteiger partial charge in [-0.05, 0) is 30.5 Å². The van der Waals surface area contributed by atoms with Crippen molar-refractivity contribution in [3.8, 4) is 11.4 Å². The van der Waals surface area contributed by atoms with Crippen LogP contribution in [0.25, 0.3) is 11.4 Å². The minimum Gasteiger partial charge on any atom is -0.394 e. The van der Waals surface area contributed by atoms with Crippen LogP contribution in [0.1, 0.15) is 25.0 Å². The number of rotatable bonds is 8. The standard InChI is InChI=1S/C22H27N5O/c1-15(2)20(14-28)26-22-25-19(18-6-4-5-11-23-18)12-21(27-22)24-13-17-9-7-16(3)8-10-17/h4-12,15,20,28H,13-14H2,1-3H3,(H2,24,25,26,27)/t20-/m0/s1. The molecule has 6 heteroatoms. The molecule has 2 heterocycles. The SMILES string of the molecule is Cc1ccc(CNc2cc(-c3ccccn3)nc(N[C@@H](CO)C(C)C)n2)cc1. The number of anilines is 2. The molecule has 0 aliphatic rings. The summed E-state index contributed by atoms with van der Waals surface area (Å²) in [6, 6.07) is 15.9. The Kier molecular flexibility index (Phi) is 6.55. The number of hydrogen-bond donors (Lipinski definition) is 3. The Balaban J connectivity index is 1.87. The maximum Gasteiger partial charge on any atom is 0.225 e. The molecule has 3 aromatic rings. The van der Waals surface area contributed by atoms with Crippen molar-refractivity contribution in [3.05, 3.63) is 65.9 Å². The third kappa shape index (κ3) is 5.27. The predicted octanol–water partition coefficient (Wildman–Crippen LogP) is 3.89. The maximum absolute atomic E-state index is 9.64. The van der Waals surface area contributed by atoms with Gasteiger partial charge in [-0.1, -0.05) is 49.7 Å². The van der Waals surface area contributed by atoms with Gasteiger partial charge in [0.2, 0.25) is 5.95 Å². The average Bonchev–Trinajstić information content (AvgIpc) is 2.72. The Morgan fingerprint density at radius 2 is 1.79 bits per heavy atom. The zero-order chi connectivity index (χ0) is 19.9. The van der Waals surface area contributed by atoms with Gasteiger partial charge in [-0.15, -0.1) is 0 Å². The van der Waals surface area contributed by atoms with Crippen LogP contribution in [0.2, 0.25) is 0 Å². The highest BCUT2D eigenvalue weighted by atomic mass is 16.3. The van der Waals surface area contributed by atoms with Crippen molar-refractivity contribution in [2.75, 3.05) is 17.2 Å². The molecule has 0 bridgehead atoms. The summed E-state index contributed by atoms with van der Waals surface area (Å²) in [4.78, 5) is 13.6. The molecule has 146 valence electrons. The second kappa shape index (κ2) is 9.28. The first-order valence-corrected chi connectivity index (χ1v) is 9.52. The number of aryl methyl sites for hydroxylation is 1. The molecule has 28 heavy (non-hydrogen) atoms. The van der Waals surface area contributed by atoms with E-state index in [1.165, 1.54) is 11.1 Å². The van der Waals surface area contributed by atoms with Crippen LogP contribution in [0.4, 0.5) is 11.8 Å². The summed E-state index contributed by atoms with van der Waals surface area (Å²) in [6.07, 6.45) is 1.74. The lowest BCUT2D eigenvalue weighted by Gasteiger charge is -2.20.